The molecule has 0 amide bonds. The van der Waals surface area contributed by atoms with Crippen LogP contribution in [0, 0.1) is 19.8 Å². The fourth-order valence-corrected chi connectivity index (χ4v) is 6.04. The maximum Gasteiger partial charge on any atom is 0.251 e. The highest BCUT2D eigenvalue weighted by molar-refractivity contribution is 5.91. The minimum absolute atomic E-state index is 0.0667. The molecule has 4 aromatic rings. The molecule has 0 unspecified atom stereocenters. The summed E-state index contributed by atoms with van der Waals surface area (Å²) in [6.07, 6.45) is 0. The Morgan fingerprint density at radius 2 is 1.31 bits per heavy atom. The Hall–Kier alpha value is -4.18. The van der Waals surface area contributed by atoms with Crippen LogP contribution in [0.5, 0.6) is 0 Å². The first-order valence-electron chi connectivity index (χ1n) is 13.7. The van der Waals surface area contributed by atoms with Crippen LogP contribution in [0.4, 0.5) is 0 Å². The van der Waals surface area contributed by atoms with Crippen LogP contribution in [0.1, 0.15) is 53.3 Å². The number of aryl methyl sites for hydroxylation is 2. The number of hydrogen-bond donors (Lipinski definition) is 0. The molecular formula is C35H36N2O2. The summed E-state index contributed by atoms with van der Waals surface area (Å²) in [5.41, 5.74) is 4.63. The number of carbonyl (C=O) groups excluding carboxylic acids is 1. The van der Waals surface area contributed by atoms with E-state index in [-0.39, 0.29) is 5.92 Å². The van der Waals surface area contributed by atoms with Crippen molar-refractivity contribution in [2.75, 3.05) is 0 Å². The SMILES string of the molecule is Cc1ccc([C@H]2[N+](Cc3ccccc3)=C(C(C)C)N(Cc3ccccc3)[C@]2(C(=O)[O-])c2ccc(C)cc2)cc1. The van der Waals surface area contributed by atoms with Crippen LogP contribution in [0.25, 0.3) is 0 Å². The van der Waals surface area contributed by atoms with Crippen LogP contribution in [0.2, 0.25) is 0 Å². The van der Waals surface area contributed by atoms with Crippen LogP contribution < -0.4 is 5.11 Å². The van der Waals surface area contributed by atoms with Gasteiger partial charge in [-0.1, -0.05) is 134 Å². The standard InChI is InChI=1S/C35H36N2O2/c1-25(2)33-36(23-28-11-7-5-8-12-28)32(30-19-15-26(3)16-20-30)35(34(38)39,31-21-17-27(4)18-22-31)37(33)24-29-13-9-6-10-14-29/h5-22,25,32H,23-24H2,1-4H3/t32-,35-/m1/s1. The van der Waals surface area contributed by atoms with E-state index in [9.17, 15) is 9.90 Å². The predicted molar refractivity (Wildman–Crippen MR) is 154 cm³/mol. The van der Waals surface area contributed by atoms with Crippen molar-refractivity contribution in [2.24, 2.45) is 5.92 Å². The highest BCUT2D eigenvalue weighted by Gasteiger charge is 2.63. The molecule has 0 aromatic heterocycles. The Labute approximate surface area is 231 Å². The van der Waals surface area contributed by atoms with Gasteiger partial charge in [-0.25, -0.2) is 9.48 Å². The fourth-order valence-electron chi connectivity index (χ4n) is 6.04. The predicted octanol–water partition coefficient (Wildman–Crippen LogP) is 5.77. The van der Waals surface area contributed by atoms with Crippen LogP contribution in [0.3, 0.4) is 0 Å². The number of carboxylic acids is 1. The van der Waals surface area contributed by atoms with Crippen molar-refractivity contribution in [1.29, 1.82) is 0 Å². The van der Waals surface area contributed by atoms with Crippen molar-refractivity contribution in [3.63, 3.8) is 0 Å². The molecule has 0 aliphatic carbocycles. The zero-order valence-corrected chi connectivity index (χ0v) is 23.2. The zero-order valence-electron chi connectivity index (χ0n) is 23.2. The van der Waals surface area contributed by atoms with Crippen molar-refractivity contribution >= 4 is 11.8 Å². The summed E-state index contributed by atoms with van der Waals surface area (Å²) in [5.74, 6) is -0.0309. The van der Waals surface area contributed by atoms with Crippen molar-refractivity contribution < 1.29 is 14.5 Å². The van der Waals surface area contributed by atoms with Gasteiger partial charge in [-0.05, 0) is 25.0 Å². The average Bonchev–Trinajstić information content (AvgIpc) is 3.21. The van der Waals surface area contributed by atoms with Crippen molar-refractivity contribution in [3.8, 4) is 0 Å². The molecule has 0 radical (unpaired) electrons. The Balaban J connectivity index is 1.84. The number of rotatable bonds is 8. The molecule has 0 N–H and O–H groups in total. The third-order valence-corrected chi connectivity index (χ3v) is 7.80. The number of aliphatic carboxylic acids is 1. The number of benzene rings is 4. The molecule has 39 heavy (non-hydrogen) atoms. The molecule has 2 atom stereocenters. The molecule has 4 aromatic carbocycles. The Morgan fingerprint density at radius 1 is 0.795 bits per heavy atom. The molecular weight excluding hydrogens is 480 g/mol. The molecule has 0 fully saturated rings. The monoisotopic (exact) mass is 516 g/mol. The number of carbonyl (C=O) groups is 1. The summed E-state index contributed by atoms with van der Waals surface area (Å²) in [4.78, 5) is 15.9. The molecule has 0 saturated carbocycles. The van der Waals surface area contributed by atoms with E-state index in [1.54, 1.807) is 0 Å². The first kappa shape index (κ1) is 26.4. The Kier molecular flexibility index (Phi) is 7.38. The third-order valence-electron chi connectivity index (χ3n) is 7.80. The van der Waals surface area contributed by atoms with Gasteiger partial charge in [0.15, 0.2) is 6.04 Å². The van der Waals surface area contributed by atoms with E-state index in [1.807, 2.05) is 67.6 Å². The summed E-state index contributed by atoms with van der Waals surface area (Å²) in [5, 5.41) is 13.8. The molecule has 1 heterocycles. The molecule has 4 nitrogen and oxygen atoms in total. The molecule has 4 heteroatoms. The molecule has 0 spiro atoms. The van der Waals surface area contributed by atoms with Gasteiger partial charge >= 0.3 is 0 Å². The number of amidine groups is 1. The van der Waals surface area contributed by atoms with Crippen molar-refractivity contribution in [3.05, 3.63) is 143 Å². The lowest BCUT2D eigenvalue weighted by Crippen LogP contribution is -2.59. The molecule has 1 aliphatic rings. The number of nitrogens with zero attached hydrogens (tertiary/aromatic N) is 2. The molecule has 1 aliphatic heterocycles. The van der Waals surface area contributed by atoms with Crippen molar-refractivity contribution in [2.45, 2.75) is 52.4 Å². The highest BCUT2D eigenvalue weighted by Crippen LogP contribution is 2.49. The van der Waals surface area contributed by atoms with Gasteiger partial charge in [-0.15, -0.1) is 0 Å². The second kappa shape index (κ2) is 10.9. The first-order chi connectivity index (χ1) is 18.8. The molecule has 5 rings (SSSR count). The average molecular weight is 517 g/mol. The zero-order chi connectivity index (χ0) is 27.6. The number of carboxylic acid groups (broad SMARTS) is 1. The second-order valence-corrected chi connectivity index (χ2v) is 10.9. The summed E-state index contributed by atoms with van der Waals surface area (Å²) >= 11 is 0. The highest BCUT2D eigenvalue weighted by atomic mass is 16.4. The van der Waals surface area contributed by atoms with E-state index in [2.05, 4.69) is 78.8 Å². The van der Waals surface area contributed by atoms with Gasteiger partial charge in [-0.3, -0.25) is 0 Å². The van der Waals surface area contributed by atoms with E-state index in [0.29, 0.717) is 13.1 Å². The second-order valence-electron chi connectivity index (χ2n) is 10.9. The largest absolute Gasteiger partial charge is 0.545 e. The van der Waals surface area contributed by atoms with Gasteiger partial charge in [-0.2, -0.15) is 0 Å². The lowest BCUT2D eigenvalue weighted by molar-refractivity contribution is -0.589. The Morgan fingerprint density at radius 3 is 1.82 bits per heavy atom. The van der Waals surface area contributed by atoms with E-state index < -0.39 is 17.6 Å². The van der Waals surface area contributed by atoms with Crippen LogP contribution in [-0.4, -0.2) is 21.3 Å². The van der Waals surface area contributed by atoms with Crippen LogP contribution in [0.15, 0.2) is 109 Å². The first-order valence-corrected chi connectivity index (χ1v) is 13.7. The summed E-state index contributed by atoms with van der Waals surface area (Å²) < 4.78 is 2.31. The summed E-state index contributed by atoms with van der Waals surface area (Å²) in [7, 11) is 0. The van der Waals surface area contributed by atoms with Gasteiger partial charge in [0.05, 0.1) is 11.9 Å². The van der Waals surface area contributed by atoms with Gasteiger partial charge in [0, 0.05) is 11.1 Å². The quantitative estimate of drug-likeness (QED) is 0.279. The summed E-state index contributed by atoms with van der Waals surface area (Å²) in [6.45, 7) is 9.41. The Bertz CT molecular complexity index is 1460. The minimum atomic E-state index is -1.45. The van der Waals surface area contributed by atoms with Gasteiger partial charge in [0.2, 0.25) is 5.54 Å². The van der Waals surface area contributed by atoms with E-state index in [4.69, 9.17) is 0 Å². The molecule has 0 saturated heterocycles. The maximum atomic E-state index is 13.8. The summed E-state index contributed by atoms with van der Waals surface area (Å²) in [6, 6.07) is 36.2. The molecule has 198 valence electrons. The lowest BCUT2D eigenvalue weighted by atomic mass is 9.77. The lowest BCUT2D eigenvalue weighted by Gasteiger charge is -2.39. The topological polar surface area (TPSA) is 46.4 Å². The maximum absolute atomic E-state index is 13.8. The van der Waals surface area contributed by atoms with E-state index in [1.165, 1.54) is 0 Å². The normalized spacial score (nSPS) is 19.1. The molecule has 0 bridgehead atoms. The van der Waals surface area contributed by atoms with Crippen LogP contribution in [-0.2, 0) is 23.4 Å². The smallest absolute Gasteiger partial charge is 0.251 e. The van der Waals surface area contributed by atoms with Crippen molar-refractivity contribution in [1.82, 2.24) is 4.90 Å². The minimum Gasteiger partial charge on any atom is -0.545 e. The number of hydrogen-bond acceptors (Lipinski definition) is 3. The van der Waals surface area contributed by atoms with Gasteiger partial charge in [0.25, 0.3) is 5.84 Å². The third kappa shape index (κ3) is 4.87. The van der Waals surface area contributed by atoms with Crippen LogP contribution >= 0.6 is 0 Å². The van der Waals surface area contributed by atoms with Gasteiger partial charge in [0.1, 0.15) is 13.1 Å². The van der Waals surface area contributed by atoms with E-state index >= 15 is 0 Å². The van der Waals surface area contributed by atoms with E-state index in [0.717, 1.165) is 39.2 Å². The van der Waals surface area contributed by atoms with Gasteiger partial charge < -0.3 is 9.90 Å². The fraction of sp³-hybridized carbons (Fsp3) is 0.257.